The van der Waals surface area contributed by atoms with Crippen molar-refractivity contribution < 1.29 is 0 Å². The number of benzene rings is 2. The van der Waals surface area contributed by atoms with Crippen LogP contribution in [0.1, 0.15) is 26.3 Å². The molecule has 0 fully saturated rings. The van der Waals surface area contributed by atoms with Crippen LogP contribution in [0, 0.1) is 11.3 Å². The third-order valence-electron chi connectivity index (χ3n) is 4.62. The molecule has 0 saturated carbocycles. The van der Waals surface area contributed by atoms with Crippen LogP contribution in [0.15, 0.2) is 54.9 Å². The van der Waals surface area contributed by atoms with Gasteiger partial charge in [0, 0.05) is 29.1 Å². The number of fused-ring (bicyclic) bond motifs is 1. The molecule has 0 unspecified atom stereocenters. The summed E-state index contributed by atoms with van der Waals surface area (Å²) < 4.78 is 2.18. The van der Waals surface area contributed by atoms with Gasteiger partial charge in [0.25, 0.3) is 0 Å². The molecule has 0 aliphatic heterocycles. The van der Waals surface area contributed by atoms with Gasteiger partial charge < -0.3 is 10.3 Å². The van der Waals surface area contributed by atoms with E-state index >= 15 is 0 Å². The Balaban J connectivity index is 1.97. The zero-order valence-electron chi connectivity index (χ0n) is 16.0. The van der Waals surface area contributed by atoms with Crippen LogP contribution < -0.4 is 5.73 Å². The summed E-state index contributed by atoms with van der Waals surface area (Å²) in [6, 6.07) is 15.9. The Hall–Kier alpha value is -3.72. The Bertz CT molecular complexity index is 1210. The minimum absolute atomic E-state index is 0.210. The van der Waals surface area contributed by atoms with E-state index in [4.69, 9.17) is 10.7 Å². The van der Waals surface area contributed by atoms with Gasteiger partial charge in [0.15, 0.2) is 0 Å². The summed E-state index contributed by atoms with van der Waals surface area (Å²) in [7, 11) is 0. The Morgan fingerprint density at radius 1 is 1.00 bits per heavy atom. The first-order valence-corrected chi connectivity index (χ1v) is 8.99. The van der Waals surface area contributed by atoms with Crippen LogP contribution in [0.2, 0.25) is 0 Å². The molecular weight excluding hydrogens is 348 g/mol. The van der Waals surface area contributed by atoms with Crippen LogP contribution in [-0.2, 0) is 5.54 Å². The SMILES string of the molecule is CC(C)(C)n1c(-c2ccccc2C#N)nc2cc(-c3cnc(N)nc3)ccc21. The molecule has 28 heavy (non-hydrogen) atoms. The van der Waals surface area contributed by atoms with Gasteiger partial charge in [-0.05, 0) is 50.6 Å². The molecule has 0 radical (unpaired) electrons. The van der Waals surface area contributed by atoms with E-state index in [0.29, 0.717) is 5.56 Å². The van der Waals surface area contributed by atoms with Gasteiger partial charge in [0.05, 0.1) is 22.7 Å². The van der Waals surface area contributed by atoms with Gasteiger partial charge >= 0.3 is 0 Å². The second-order valence-electron chi connectivity index (χ2n) is 7.63. The molecule has 0 aliphatic rings. The van der Waals surface area contributed by atoms with Gasteiger partial charge in [-0.15, -0.1) is 0 Å². The number of anilines is 1. The molecule has 2 aromatic heterocycles. The maximum Gasteiger partial charge on any atom is 0.219 e. The first-order chi connectivity index (χ1) is 13.4. The number of hydrogen-bond donors (Lipinski definition) is 1. The Morgan fingerprint density at radius 2 is 1.71 bits per heavy atom. The largest absolute Gasteiger partial charge is 0.368 e. The lowest BCUT2D eigenvalue weighted by Gasteiger charge is -2.25. The van der Waals surface area contributed by atoms with Crippen LogP contribution in [0.3, 0.4) is 0 Å². The van der Waals surface area contributed by atoms with Gasteiger partial charge in [0.2, 0.25) is 5.95 Å². The molecular formula is C22H20N6. The lowest BCUT2D eigenvalue weighted by molar-refractivity contribution is 0.413. The highest BCUT2D eigenvalue weighted by atomic mass is 15.1. The molecule has 0 spiro atoms. The van der Waals surface area contributed by atoms with Crippen molar-refractivity contribution in [3.05, 3.63) is 60.4 Å². The Morgan fingerprint density at radius 3 is 2.39 bits per heavy atom. The second kappa shape index (κ2) is 6.46. The summed E-state index contributed by atoms with van der Waals surface area (Å²) >= 11 is 0. The molecule has 2 N–H and O–H groups in total. The van der Waals surface area contributed by atoms with Crippen LogP contribution >= 0.6 is 0 Å². The van der Waals surface area contributed by atoms with Crippen LogP contribution in [0.25, 0.3) is 33.5 Å². The van der Waals surface area contributed by atoms with E-state index in [0.717, 1.165) is 33.5 Å². The average Bonchev–Trinajstić information content (AvgIpc) is 3.07. The third kappa shape index (κ3) is 2.97. The van der Waals surface area contributed by atoms with Gasteiger partial charge in [-0.2, -0.15) is 5.26 Å². The highest BCUT2D eigenvalue weighted by Crippen LogP contribution is 2.34. The number of hydrogen-bond acceptors (Lipinski definition) is 5. The molecule has 4 aromatic rings. The molecule has 2 aromatic carbocycles. The summed E-state index contributed by atoms with van der Waals surface area (Å²) in [4.78, 5) is 13.1. The number of nitrogens with zero attached hydrogens (tertiary/aromatic N) is 5. The van der Waals surface area contributed by atoms with Crippen LogP contribution in [0.5, 0.6) is 0 Å². The lowest BCUT2D eigenvalue weighted by atomic mass is 10.0. The quantitative estimate of drug-likeness (QED) is 0.567. The Labute approximate surface area is 163 Å². The van der Waals surface area contributed by atoms with Crippen molar-refractivity contribution in [1.29, 1.82) is 5.26 Å². The fourth-order valence-corrected chi connectivity index (χ4v) is 3.38. The van der Waals surface area contributed by atoms with E-state index in [9.17, 15) is 5.26 Å². The van der Waals surface area contributed by atoms with E-state index in [1.807, 2.05) is 36.4 Å². The van der Waals surface area contributed by atoms with Crippen molar-refractivity contribution in [1.82, 2.24) is 19.5 Å². The lowest BCUT2D eigenvalue weighted by Crippen LogP contribution is -2.22. The van der Waals surface area contributed by atoms with Crippen molar-refractivity contribution in [2.75, 3.05) is 5.73 Å². The number of aromatic nitrogens is 4. The van der Waals surface area contributed by atoms with Gasteiger partial charge in [0.1, 0.15) is 5.82 Å². The van der Waals surface area contributed by atoms with Crippen LogP contribution in [0.4, 0.5) is 5.95 Å². The molecule has 4 rings (SSSR count). The topological polar surface area (TPSA) is 93.4 Å². The van der Waals surface area contributed by atoms with Crippen molar-refractivity contribution >= 4 is 17.0 Å². The monoisotopic (exact) mass is 368 g/mol. The van der Waals surface area contributed by atoms with Gasteiger partial charge in [-0.3, -0.25) is 0 Å². The molecule has 0 saturated heterocycles. The van der Waals surface area contributed by atoms with Gasteiger partial charge in [-0.25, -0.2) is 15.0 Å². The fraction of sp³-hybridized carbons (Fsp3) is 0.182. The highest BCUT2D eigenvalue weighted by molar-refractivity contribution is 5.86. The van der Waals surface area contributed by atoms with Crippen LogP contribution in [-0.4, -0.2) is 19.5 Å². The van der Waals surface area contributed by atoms with Crippen molar-refractivity contribution in [2.24, 2.45) is 0 Å². The maximum atomic E-state index is 9.55. The number of nitriles is 1. The van der Waals surface area contributed by atoms with E-state index in [-0.39, 0.29) is 11.5 Å². The summed E-state index contributed by atoms with van der Waals surface area (Å²) in [5.74, 6) is 1.03. The summed E-state index contributed by atoms with van der Waals surface area (Å²) in [5, 5.41) is 9.55. The number of nitrogens with two attached hydrogens (primary N) is 1. The normalized spacial score (nSPS) is 11.5. The fourth-order valence-electron chi connectivity index (χ4n) is 3.38. The highest BCUT2D eigenvalue weighted by Gasteiger charge is 2.24. The van der Waals surface area contributed by atoms with Crippen molar-refractivity contribution in [3.63, 3.8) is 0 Å². The molecule has 138 valence electrons. The average molecular weight is 368 g/mol. The number of rotatable bonds is 2. The summed E-state index contributed by atoms with van der Waals surface area (Å²) in [6.07, 6.45) is 3.41. The first-order valence-electron chi connectivity index (χ1n) is 8.99. The number of nitrogen functional groups attached to an aromatic ring is 1. The minimum atomic E-state index is -0.210. The zero-order valence-corrected chi connectivity index (χ0v) is 16.0. The van der Waals surface area contributed by atoms with Gasteiger partial charge in [-0.1, -0.05) is 18.2 Å². The smallest absolute Gasteiger partial charge is 0.219 e. The zero-order chi connectivity index (χ0) is 19.9. The first kappa shape index (κ1) is 17.7. The third-order valence-corrected chi connectivity index (χ3v) is 4.62. The molecule has 0 bridgehead atoms. The van der Waals surface area contributed by atoms with Crippen molar-refractivity contribution in [3.8, 4) is 28.6 Å². The second-order valence-corrected chi connectivity index (χ2v) is 7.63. The van der Waals surface area contributed by atoms with E-state index < -0.39 is 0 Å². The molecule has 0 amide bonds. The molecule has 6 nitrogen and oxygen atoms in total. The molecule has 0 aliphatic carbocycles. The minimum Gasteiger partial charge on any atom is -0.368 e. The predicted molar refractivity (Wildman–Crippen MR) is 110 cm³/mol. The van der Waals surface area contributed by atoms with E-state index in [2.05, 4.69) is 47.4 Å². The molecule has 2 heterocycles. The van der Waals surface area contributed by atoms with E-state index in [1.165, 1.54) is 0 Å². The standard InChI is InChI=1S/C22H20N6/c1-22(2,3)28-19-9-8-14(16-12-25-21(24)26-13-16)10-18(19)27-20(28)17-7-5-4-6-15(17)11-23/h4-10,12-13H,1-3H3,(H2,24,25,26). The van der Waals surface area contributed by atoms with Crippen molar-refractivity contribution in [2.45, 2.75) is 26.3 Å². The summed E-state index contributed by atoms with van der Waals surface area (Å²) in [5.41, 5.74) is 10.5. The Kier molecular flexibility index (Phi) is 4.08. The maximum absolute atomic E-state index is 9.55. The summed E-state index contributed by atoms with van der Waals surface area (Å²) in [6.45, 7) is 6.40. The molecule has 0 atom stereocenters. The predicted octanol–water partition coefficient (Wildman–Crippen LogP) is 4.37. The molecule has 6 heteroatoms. The number of imidazole rings is 1. The van der Waals surface area contributed by atoms with E-state index in [1.54, 1.807) is 12.4 Å².